The van der Waals surface area contributed by atoms with Gasteiger partial charge in [-0.3, -0.25) is 9.48 Å². The Kier molecular flexibility index (Phi) is 7.70. The van der Waals surface area contributed by atoms with Crippen molar-refractivity contribution in [3.05, 3.63) is 100 Å². The van der Waals surface area contributed by atoms with Gasteiger partial charge in [0, 0.05) is 20.1 Å². The molecule has 1 N–H and O–H groups in total. The van der Waals surface area contributed by atoms with Gasteiger partial charge in [-0.1, -0.05) is 24.3 Å². The molecule has 0 aliphatic carbocycles. The number of benzene rings is 3. The number of rotatable bonds is 2. The Bertz CT molecular complexity index is 1820. The van der Waals surface area contributed by atoms with E-state index in [1.165, 1.54) is 16.4 Å². The van der Waals surface area contributed by atoms with E-state index in [0.717, 1.165) is 16.7 Å². The molecule has 7 rings (SSSR count). The molecule has 11 heteroatoms. The minimum atomic E-state index is -3.96. The van der Waals surface area contributed by atoms with Gasteiger partial charge in [0.25, 0.3) is 0 Å². The summed E-state index contributed by atoms with van der Waals surface area (Å²) in [6.07, 6.45) is 1.09. The molecule has 9 nitrogen and oxygen atoms in total. The molecular weight excluding hydrogens is 571 g/mol. The SMILES string of the molecule is Cc1nn(C)c(C)c1S(=O)(=O)N1CCc2cc3ccc2C1c1cccc(c1)OCCCNC(=O)Cc1ccc(F)c(c1)O3. The second-order valence-corrected chi connectivity index (χ2v) is 12.7. The van der Waals surface area contributed by atoms with Crippen LogP contribution in [-0.4, -0.2) is 48.1 Å². The highest BCUT2D eigenvalue weighted by Gasteiger charge is 2.40. The molecule has 4 heterocycles. The second kappa shape index (κ2) is 11.5. The number of carbonyl (C=O) groups excluding carboxylic acids is 1. The number of hydrogen-bond donors (Lipinski definition) is 1. The molecular formula is C32H33FN4O5S. The summed E-state index contributed by atoms with van der Waals surface area (Å²) in [4.78, 5) is 12.7. The van der Waals surface area contributed by atoms with Crippen LogP contribution >= 0.6 is 0 Å². The largest absolute Gasteiger partial charge is 0.494 e. The number of aryl methyl sites for hydroxylation is 2. The zero-order valence-electron chi connectivity index (χ0n) is 24.3. The molecule has 1 atom stereocenters. The number of amides is 1. The van der Waals surface area contributed by atoms with E-state index >= 15 is 0 Å². The lowest BCUT2D eigenvalue weighted by atomic mass is 9.89. The summed E-state index contributed by atoms with van der Waals surface area (Å²) in [7, 11) is -2.23. The van der Waals surface area contributed by atoms with E-state index in [-0.39, 0.29) is 29.5 Å². The number of sulfonamides is 1. The van der Waals surface area contributed by atoms with Crippen LogP contribution in [0.15, 0.2) is 65.6 Å². The fourth-order valence-electron chi connectivity index (χ4n) is 5.87. The van der Waals surface area contributed by atoms with Crippen molar-refractivity contribution in [2.45, 2.75) is 44.0 Å². The first-order valence-corrected chi connectivity index (χ1v) is 15.7. The minimum absolute atomic E-state index is 0.0170. The Morgan fingerprint density at radius 2 is 1.88 bits per heavy atom. The van der Waals surface area contributed by atoms with Crippen LogP contribution in [0.4, 0.5) is 4.39 Å². The molecule has 0 fully saturated rings. The Morgan fingerprint density at radius 1 is 1.05 bits per heavy atom. The zero-order chi connectivity index (χ0) is 30.3. The van der Waals surface area contributed by atoms with Crippen molar-refractivity contribution in [3.8, 4) is 17.2 Å². The molecule has 8 bridgehead atoms. The van der Waals surface area contributed by atoms with Gasteiger partial charge in [-0.05, 0) is 85.3 Å². The number of nitrogens with zero attached hydrogens (tertiary/aromatic N) is 3. The normalized spacial score (nSPS) is 17.7. The van der Waals surface area contributed by atoms with Crippen LogP contribution in [0.25, 0.3) is 0 Å². The van der Waals surface area contributed by atoms with E-state index in [1.54, 1.807) is 37.7 Å². The maximum absolute atomic E-state index is 14.8. The first-order chi connectivity index (χ1) is 20.6. The van der Waals surface area contributed by atoms with Crippen LogP contribution in [0.3, 0.4) is 0 Å². The number of halogens is 1. The molecule has 1 amide bonds. The number of ether oxygens (including phenoxy) is 2. The standard InChI is InChI=1S/C32H33FN4O5S/c1-20-32(21(2)36(3)35-20)43(39,40)37-14-12-23-18-26-9-10-27(23)31(37)24-6-4-7-25(19-24)41-15-5-13-34-30(38)17-22-8-11-28(33)29(16-22)42-26/h4,6-11,16,18-19,31H,5,12-15,17H2,1-3H3,(H,34,38). The fraction of sp³-hybridized carbons (Fsp3) is 0.312. The van der Waals surface area contributed by atoms with Crippen LogP contribution in [0, 0.1) is 19.7 Å². The average molecular weight is 605 g/mol. The van der Waals surface area contributed by atoms with E-state index in [2.05, 4.69) is 10.4 Å². The van der Waals surface area contributed by atoms with Gasteiger partial charge in [0.2, 0.25) is 15.9 Å². The molecule has 224 valence electrons. The first-order valence-electron chi connectivity index (χ1n) is 14.2. The van der Waals surface area contributed by atoms with Crippen molar-refractivity contribution in [3.63, 3.8) is 0 Å². The van der Waals surface area contributed by atoms with E-state index in [1.807, 2.05) is 36.4 Å². The fourth-order valence-corrected chi connectivity index (χ4v) is 7.87. The maximum atomic E-state index is 14.8. The molecule has 3 aliphatic heterocycles. The van der Waals surface area contributed by atoms with Gasteiger partial charge in [0.15, 0.2) is 11.6 Å². The highest BCUT2D eigenvalue weighted by Crippen LogP contribution is 2.42. The van der Waals surface area contributed by atoms with Crippen LogP contribution in [0.2, 0.25) is 0 Å². The predicted molar refractivity (Wildman–Crippen MR) is 158 cm³/mol. The Hall–Kier alpha value is -4.22. The maximum Gasteiger partial charge on any atom is 0.247 e. The third-order valence-electron chi connectivity index (χ3n) is 7.98. The Labute approximate surface area is 250 Å². The van der Waals surface area contributed by atoms with Crippen LogP contribution in [0.5, 0.6) is 17.2 Å². The summed E-state index contributed by atoms with van der Waals surface area (Å²) >= 11 is 0. The van der Waals surface area contributed by atoms with Gasteiger partial charge in [-0.25, -0.2) is 12.8 Å². The number of nitrogens with one attached hydrogen (secondary N) is 1. The minimum Gasteiger partial charge on any atom is -0.494 e. The third-order valence-corrected chi connectivity index (χ3v) is 10.1. The highest BCUT2D eigenvalue weighted by atomic mass is 32.2. The topological polar surface area (TPSA) is 103 Å². The summed E-state index contributed by atoms with van der Waals surface area (Å²) in [6, 6.07) is 16.6. The van der Waals surface area contributed by atoms with Crippen molar-refractivity contribution in [2.75, 3.05) is 19.7 Å². The van der Waals surface area contributed by atoms with Crippen molar-refractivity contribution in [1.82, 2.24) is 19.4 Å². The van der Waals surface area contributed by atoms with Gasteiger partial charge in [-0.15, -0.1) is 0 Å². The van der Waals surface area contributed by atoms with Gasteiger partial charge < -0.3 is 14.8 Å². The molecule has 0 radical (unpaired) electrons. The lowest BCUT2D eigenvalue weighted by Gasteiger charge is -2.37. The Balaban J connectivity index is 1.47. The molecule has 1 aromatic heterocycles. The number of carbonyl (C=O) groups is 1. The van der Waals surface area contributed by atoms with Crippen molar-refractivity contribution >= 4 is 15.9 Å². The predicted octanol–water partition coefficient (Wildman–Crippen LogP) is 4.75. The van der Waals surface area contributed by atoms with Crippen LogP contribution < -0.4 is 14.8 Å². The van der Waals surface area contributed by atoms with Gasteiger partial charge >= 0.3 is 0 Å². The summed E-state index contributed by atoms with van der Waals surface area (Å²) < 4.78 is 58.5. The first kappa shape index (κ1) is 28.9. The molecule has 3 aliphatic rings. The Morgan fingerprint density at radius 3 is 2.67 bits per heavy atom. The second-order valence-electron chi connectivity index (χ2n) is 10.9. The third kappa shape index (κ3) is 5.62. The molecule has 43 heavy (non-hydrogen) atoms. The lowest BCUT2D eigenvalue weighted by molar-refractivity contribution is -0.120. The van der Waals surface area contributed by atoms with E-state index in [4.69, 9.17) is 9.47 Å². The average Bonchev–Trinajstić information content (AvgIpc) is 3.24. The number of aromatic nitrogens is 2. The van der Waals surface area contributed by atoms with Crippen molar-refractivity contribution in [2.24, 2.45) is 7.05 Å². The van der Waals surface area contributed by atoms with Gasteiger partial charge in [0.05, 0.1) is 30.5 Å². The van der Waals surface area contributed by atoms with E-state index in [0.29, 0.717) is 54.4 Å². The van der Waals surface area contributed by atoms with Crippen LogP contribution in [0.1, 0.15) is 46.1 Å². The molecule has 3 aromatic carbocycles. The summed E-state index contributed by atoms with van der Waals surface area (Å²) in [6.45, 7) is 4.46. The summed E-state index contributed by atoms with van der Waals surface area (Å²) in [5, 5.41) is 7.24. The molecule has 0 spiro atoms. The van der Waals surface area contributed by atoms with Crippen molar-refractivity contribution < 1.29 is 27.1 Å². The van der Waals surface area contributed by atoms with Gasteiger partial charge in [-0.2, -0.15) is 9.40 Å². The summed E-state index contributed by atoms with van der Waals surface area (Å²) in [5.74, 6) is 0.315. The molecule has 4 aromatic rings. The zero-order valence-corrected chi connectivity index (χ0v) is 25.1. The number of fused-ring (bicyclic) bond motifs is 7. The smallest absolute Gasteiger partial charge is 0.247 e. The summed E-state index contributed by atoms with van der Waals surface area (Å²) in [5.41, 5.74) is 4.09. The lowest BCUT2D eigenvalue weighted by Crippen LogP contribution is -2.41. The molecule has 0 saturated heterocycles. The van der Waals surface area contributed by atoms with E-state index in [9.17, 15) is 17.6 Å². The van der Waals surface area contributed by atoms with E-state index < -0.39 is 21.9 Å². The highest BCUT2D eigenvalue weighted by molar-refractivity contribution is 7.89. The molecule has 0 saturated carbocycles. The van der Waals surface area contributed by atoms with Crippen molar-refractivity contribution in [1.29, 1.82) is 0 Å². The molecule has 1 unspecified atom stereocenters. The number of hydrogen-bond acceptors (Lipinski definition) is 6. The monoisotopic (exact) mass is 604 g/mol. The van der Waals surface area contributed by atoms with Crippen LogP contribution in [-0.2, 0) is 34.7 Å². The van der Waals surface area contributed by atoms with Gasteiger partial charge in [0.1, 0.15) is 16.4 Å². The quantitative estimate of drug-likeness (QED) is 0.355.